The smallest absolute Gasteiger partial charge is 0.300 e. The maximum atomic E-state index is 11.1. The highest BCUT2D eigenvalue weighted by atomic mass is 35.5. The molecule has 0 aliphatic carbocycles. The normalized spacial score (nSPS) is 14.8. The molecule has 0 amide bonds. The minimum Gasteiger partial charge on any atom is -0.366 e. The Morgan fingerprint density at radius 3 is 2.27 bits per heavy atom. The lowest BCUT2D eigenvalue weighted by molar-refractivity contribution is -0.383. The van der Waals surface area contributed by atoms with E-state index in [0.29, 0.717) is 41.7 Å². The summed E-state index contributed by atoms with van der Waals surface area (Å²) >= 11 is 12.5. The Morgan fingerprint density at radius 2 is 1.62 bits per heavy atom. The molecule has 0 atom stereocenters. The molecule has 0 bridgehead atoms. The topological polar surface area (TPSA) is 101 Å². The number of hydrogen-bond acceptors (Lipinski definition) is 8. The number of piperazine rings is 1. The first-order valence-corrected chi connectivity index (χ1v) is 8.50. The minimum atomic E-state index is -0.498. The van der Waals surface area contributed by atoms with Gasteiger partial charge in [0.05, 0.1) is 26.3 Å². The van der Waals surface area contributed by atoms with E-state index in [2.05, 4.69) is 25.1 Å². The first kappa shape index (κ1) is 16.8. The third-order valence-electron chi connectivity index (χ3n) is 4.33. The molecule has 3 heterocycles. The zero-order valence-corrected chi connectivity index (χ0v) is 14.8. The van der Waals surface area contributed by atoms with Crippen LogP contribution >= 0.6 is 23.2 Å². The third kappa shape index (κ3) is 2.78. The minimum absolute atomic E-state index is 0.126. The monoisotopic (exact) mass is 394 g/mol. The number of nitro benzene ring substituents is 1. The highest BCUT2D eigenvalue weighted by molar-refractivity contribution is 6.38. The summed E-state index contributed by atoms with van der Waals surface area (Å²) in [4.78, 5) is 18.8. The molecule has 0 unspecified atom stereocenters. The van der Waals surface area contributed by atoms with Gasteiger partial charge in [-0.15, -0.1) is 0 Å². The molecule has 0 radical (unpaired) electrons. The van der Waals surface area contributed by atoms with Gasteiger partial charge < -0.3 is 9.80 Å². The van der Waals surface area contributed by atoms with Crippen LogP contribution in [0.5, 0.6) is 0 Å². The molecule has 1 aromatic carbocycles. The van der Waals surface area contributed by atoms with Crippen LogP contribution in [0, 0.1) is 10.1 Å². The van der Waals surface area contributed by atoms with Crippen LogP contribution in [0.4, 0.5) is 17.1 Å². The van der Waals surface area contributed by atoms with E-state index in [4.69, 9.17) is 27.8 Å². The first-order chi connectivity index (χ1) is 12.6. The summed E-state index contributed by atoms with van der Waals surface area (Å²) in [6.07, 6.45) is 3.13. The van der Waals surface area contributed by atoms with Gasteiger partial charge in [0.15, 0.2) is 5.52 Å². The number of nitrogens with zero attached hydrogens (tertiary/aromatic N) is 6. The number of fused-ring (bicyclic) bond motifs is 1. The molecule has 0 saturated carbocycles. The Hall–Kier alpha value is -2.65. The van der Waals surface area contributed by atoms with Gasteiger partial charge in [-0.1, -0.05) is 23.2 Å². The van der Waals surface area contributed by atoms with E-state index in [1.807, 2.05) is 0 Å². The van der Waals surface area contributed by atoms with Crippen LogP contribution in [0.2, 0.25) is 10.0 Å². The maximum absolute atomic E-state index is 11.1. The predicted molar refractivity (Wildman–Crippen MR) is 97.1 cm³/mol. The molecule has 4 rings (SSSR count). The molecule has 2 aromatic heterocycles. The molecule has 0 N–H and O–H groups in total. The van der Waals surface area contributed by atoms with Gasteiger partial charge in [0.2, 0.25) is 5.52 Å². The molecule has 1 fully saturated rings. The third-order valence-corrected chi connectivity index (χ3v) is 4.89. The second kappa shape index (κ2) is 6.58. The quantitative estimate of drug-likeness (QED) is 0.492. The van der Waals surface area contributed by atoms with E-state index in [9.17, 15) is 10.1 Å². The number of hydrogen-bond donors (Lipinski definition) is 0. The van der Waals surface area contributed by atoms with Crippen molar-refractivity contribution < 1.29 is 9.55 Å². The number of benzene rings is 1. The number of aromatic nitrogens is 3. The Balaban J connectivity index is 1.59. The SMILES string of the molecule is O=[N+]([O-])c1ccc(N2CCN(c3c(Cl)cncc3Cl)CC2)c2nonc12. The molecule has 26 heavy (non-hydrogen) atoms. The molecule has 9 nitrogen and oxygen atoms in total. The molecule has 0 spiro atoms. The van der Waals surface area contributed by atoms with Crippen molar-refractivity contribution >= 4 is 51.3 Å². The van der Waals surface area contributed by atoms with Crippen molar-refractivity contribution in [3.63, 3.8) is 0 Å². The van der Waals surface area contributed by atoms with Crippen LogP contribution in [-0.4, -0.2) is 46.4 Å². The maximum Gasteiger partial charge on any atom is 0.300 e. The summed E-state index contributed by atoms with van der Waals surface area (Å²) < 4.78 is 4.73. The van der Waals surface area contributed by atoms with Crippen molar-refractivity contribution in [2.45, 2.75) is 0 Å². The highest BCUT2D eigenvalue weighted by Crippen LogP contribution is 2.35. The predicted octanol–water partition coefficient (Wildman–Crippen LogP) is 3.16. The van der Waals surface area contributed by atoms with E-state index < -0.39 is 4.92 Å². The summed E-state index contributed by atoms with van der Waals surface area (Å²) in [5.74, 6) is 0. The second-order valence-electron chi connectivity index (χ2n) is 5.75. The Morgan fingerprint density at radius 1 is 1.00 bits per heavy atom. The fourth-order valence-electron chi connectivity index (χ4n) is 3.12. The summed E-state index contributed by atoms with van der Waals surface area (Å²) in [5, 5.41) is 19.6. The molecular formula is C15H12Cl2N6O3. The van der Waals surface area contributed by atoms with Crippen molar-refractivity contribution in [1.29, 1.82) is 0 Å². The fraction of sp³-hybridized carbons (Fsp3) is 0.267. The number of nitro groups is 1. The van der Waals surface area contributed by atoms with Crippen molar-refractivity contribution in [3.8, 4) is 0 Å². The van der Waals surface area contributed by atoms with Crippen LogP contribution in [-0.2, 0) is 0 Å². The number of anilines is 2. The van der Waals surface area contributed by atoms with Gasteiger partial charge in [-0.2, -0.15) is 0 Å². The summed E-state index contributed by atoms with van der Waals surface area (Å²) in [6.45, 7) is 2.67. The van der Waals surface area contributed by atoms with E-state index in [1.54, 1.807) is 18.5 Å². The van der Waals surface area contributed by atoms with Crippen molar-refractivity contribution in [1.82, 2.24) is 15.3 Å². The van der Waals surface area contributed by atoms with Gasteiger partial charge in [-0.05, 0) is 16.4 Å². The van der Waals surface area contributed by atoms with Crippen LogP contribution in [0.1, 0.15) is 0 Å². The van der Waals surface area contributed by atoms with Crippen molar-refractivity contribution in [3.05, 3.63) is 44.7 Å². The lowest BCUT2D eigenvalue weighted by Gasteiger charge is -2.37. The Kier molecular flexibility index (Phi) is 4.25. The van der Waals surface area contributed by atoms with Crippen molar-refractivity contribution in [2.24, 2.45) is 0 Å². The van der Waals surface area contributed by atoms with Crippen LogP contribution < -0.4 is 9.80 Å². The highest BCUT2D eigenvalue weighted by Gasteiger charge is 2.26. The first-order valence-electron chi connectivity index (χ1n) is 7.75. The molecule has 3 aromatic rings. The zero-order chi connectivity index (χ0) is 18.3. The van der Waals surface area contributed by atoms with Gasteiger partial charge in [0.25, 0.3) is 0 Å². The van der Waals surface area contributed by atoms with E-state index in [1.165, 1.54) is 6.07 Å². The van der Waals surface area contributed by atoms with Gasteiger partial charge in [0, 0.05) is 44.6 Å². The zero-order valence-electron chi connectivity index (χ0n) is 13.3. The molecule has 134 valence electrons. The molecule has 11 heteroatoms. The van der Waals surface area contributed by atoms with E-state index in [-0.39, 0.29) is 11.2 Å². The van der Waals surface area contributed by atoms with Gasteiger partial charge in [-0.25, -0.2) is 4.63 Å². The van der Waals surface area contributed by atoms with Crippen LogP contribution in [0.3, 0.4) is 0 Å². The van der Waals surface area contributed by atoms with Crippen LogP contribution in [0.15, 0.2) is 29.2 Å². The Labute approximate surface area is 157 Å². The fourth-order valence-corrected chi connectivity index (χ4v) is 3.72. The van der Waals surface area contributed by atoms with E-state index >= 15 is 0 Å². The van der Waals surface area contributed by atoms with E-state index in [0.717, 1.165) is 11.4 Å². The molecule has 1 saturated heterocycles. The number of rotatable bonds is 3. The summed E-state index contributed by atoms with van der Waals surface area (Å²) in [5.41, 5.74) is 1.92. The number of halogens is 2. The van der Waals surface area contributed by atoms with Crippen LogP contribution in [0.25, 0.3) is 11.0 Å². The molecule has 1 aliphatic heterocycles. The lowest BCUT2D eigenvalue weighted by Crippen LogP contribution is -2.46. The van der Waals surface area contributed by atoms with Gasteiger partial charge >= 0.3 is 5.69 Å². The summed E-state index contributed by atoms with van der Waals surface area (Å²) in [6, 6.07) is 3.09. The average Bonchev–Trinajstić information content (AvgIpc) is 3.11. The largest absolute Gasteiger partial charge is 0.366 e. The Bertz CT molecular complexity index is 966. The molecular weight excluding hydrogens is 383 g/mol. The van der Waals surface area contributed by atoms with Gasteiger partial charge in [0.1, 0.15) is 0 Å². The average molecular weight is 395 g/mol. The molecule has 1 aliphatic rings. The standard InChI is InChI=1S/C15H12Cl2N6O3/c16-9-7-18-8-10(17)15(9)22-5-3-21(4-6-22)11-1-2-12(23(24)25)14-13(11)19-26-20-14/h1-2,7-8H,3-6H2. The summed E-state index contributed by atoms with van der Waals surface area (Å²) in [7, 11) is 0. The van der Waals surface area contributed by atoms with Crippen molar-refractivity contribution in [2.75, 3.05) is 36.0 Å². The lowest BCUT2D eigenvalue weighted by atomic mass is 10.2. The number of pyridine rings is 1. The second-order valence-corrected chi connectivity index (χ2v) is 6.56. The van der Waals surface area contributed by atoms with Gasteiger partial charge in [-0.3, -0.25) is 15.1 Å². The number of non-ortho nitro benzene ring substituents is 1.